The predicted octanol–water partition coefficient (Wildman–Crippen LogP) is 4.12. The Morgan fingerprint density at radius 2 is 2.00 bits per heavy atom. The van der Waals surface area contributed by atoms with Gasteiger partial charge in [0, 0.05) is 6.42 Å². The largest absolute Gasteiger partial charge is 0.292 e. The molecule has 3 rings (SSSR count). The number of aryl methyl sites for hydroxylation is 1. The number of aromatic nitrogens is 3. The van der Waals surface area contributed by atoms with Gasteiger partial charge >= 0.3 is 0 Å². The molecule has 0 aliphatic rings. The third-order valence-electron chi connectivity index (χ3n) is 3.33. The van der Waals surface area contributed by atoms with E-state index in [4.69, 9.17) is 11.6 Å². The van der Waals surface area contributed by atoms with Crippen LogP contribution in [0.2, 0.25) is 5.15 Å². The summed E-state index contributed by atoms with van der Waals surface area (Å²) < 4.78 is 2.13. The first-order valence-electron chi connectivity index (χ1n) is 6.57. The fourth-order valence-electron chi connectivity index (χ4n) is 2.31. The van der Waals surface area contributed by atoms with Gasteiger partial charge < -0.3 is 0 Å². The molecule has 3 nitrogen and oxygen atoms in total. The lowest BCUT2D eigenvalue weighted by Crippen LogP contribution is -2.00. The Bertz CT molecular complexity index is 731. The van der Waals surface area contributed by atoms with Crippen LogP contribution in [0.15, 0.2) is 30.5 Å². The molecule has 0 unspecified atom stereocenters. The summed E-state index contributed by atoms with van der Waals surface area (Å²) in [6, 6.07) is 8.03. The number of imidazole rings is 1. The van der Waals surface area contributed by atoms with Gasteiger partial charge in [-0.3, -0.25) is 4.40 Å². The van der Waals surface area contributed by atoms with Crippen LogP contribution in [0.25, 0.3) is 16.6 Å². The zero-order valence-electron chi connectivity index (χ0n) is 11.1. The minimum atomic E-state index is 0.516. The second-order valence-corrected chi connectivity index (χ2v) is 5.58. The van der Waals surface area contributed by atoms with E-state index in [0.717, 1.165) is 35.2 Å². The van der Waals surface area contributed by atoms with Gasteiger partial charge in [0.05, 0.1) is 17.2 Å². The van der Waals surface area contributed by atoms with Crippen molar-refractivity contribution in [3.63, 3.8) is 0 Å². The quantitative estimate of drug-likeness (QED) is 0.718. The van der Waals surface area contributed by atoms with Gasteiger partial charge in [0.15, 0.2) is 5.15 Å². The maximum absolute atomic E-state index is 6.24. The second kappa shape index (κ2) is 4.82. The first kappa shape index (κ1) is 12.4. The number of nitrogens with zero attached hydrogens (tertiary/aromatic N) is 3. The number of halogens is 1. The maximum Gasteiger partial charge on any atom is 0.155 e. The van der Waals surface area contributed by atoms with Crippen molar-refractivity contribution in [1.29, 1.82) is 0 Å². The first-order chi connectivity index (χ1) is 9.16. The van der Waals surface area contributed by atoms with E-state index in [9.17, 15) is 0 Å². The smallest absolute Gasteiger partial charge is 0.155 e. The lowest BCUT2D eigenvalue weighted by Gasteiger charge is -2.08. The van der Waals surface area contributed by atoms with Gasteiger partial charge in [-0.25, -0.2) is 9.97 Å². The summed E-state index contributed by atoms with van der Waals surface area (Å²) in [5, 5.41) is 0.516. The molecule has 2 aromatic heterocycles. The molecule has 0 fully saturated rings. The summed E-state index contributed by atoms with van der Waals surface area (Å²) in [7, 11) is 0. The van der Waals surface area contributed by atoms with E-state index in [0.29, 0.717) is 11.1 Å². The average molecular weight is 274 g/mol. The summed E-state index contributed by atoms with van der Waals surface area (Å²) >= 11 is 6.24. The highest BCUT2D eigenvalue weighted by Gasteiger charge is 2.11. The summed E-state index contributed by atoms with van der Waals surface area (Å²) in [6.07, 6.45) is 3.89. The van der Waals surface area contributed by atoms with Crippen LogP contribution in [0.1, 0.15) is 26.1 Å². The van der Waals surface area contributed by atoms with Crippen LogP contribution >= 0.6 is 11.6 Å². The van der Waals surface area contributed by atoms with Gasteiger partial charge in [-0.2, -0.15) is 0 Å². The molecule has 2 heterocycles. The Balaban J connectivity index is 2.24. The number of fused-ring (bicyclic) bond motifs is 3. The van der Waals surface area contributed by atoms with Gasteiger partial charge in [0.25, 0.3) is 0 Å². The molecule has 1 aromatic carbocycles. The maximum atomic E-state index is 6.24. The Morgan fingerprint density at radius 3 is 2.79 bits per heavy atom. The van der Waals surface area contributed by atoms with Crippen LogP contribution in [-0.2, 0) is 6.42 Å². The summed E-state index contributed by atoms with van der Waals surface area (Å²) in [5.74, 6) is 1.72. The highest BCUT2D eigenvalue weighted by atomic mass is 35.5. The fraction of sp³-hybridized carbons (Fsp3) is 0.333. The summed E-state index contributed by atoms with van der Waals surface area (Å²) in [5.41, 5.74) is 2.86. The predicted molar refractivity (Wildman–Crippen MR) is 78.7 cm³/mol. The number of para-hydroxylation sites is 2. The van der Waals surface area contributed by atoms with E-state index in [2.05, 4.69) is 34.3 Å². The Morgan fingerprint density at radius 1 is 1.21 bits per heavy atom. The van der Waals surface area contributed by atoms with Crippen LogP contribution in [-0.4, -0.2) is 14.4 Å². The molecule has 98 valence electrons. The Labute approximate surface area is 117 Å². The number of benzene rings is 1. The lowest BCUT2D eigenvalue weighted by molar-refractivity contribution is 0.575. The van der Waals surface area contributed by atoms with Crippen molar-refractivity contribution in [2.24, 2.45) is 5.92 Å². The SMILES string of the molecule is CC(C)CCc1ncc2c(Cl)nc3ccccc3n12. The van der Waals surface area contributed by atoms with Crippen molar-refractivity contribution in [3.05, 3.63) is 41.4 Å². The van der Waals surface area contributed by atoms with Crippen LogP contribution in [0.4, 0.5) is 0 Å². The zero-order valence-corrected chi connectivity index (χ0v) is 11.9. The first-order valence-corrected chi connectivity index (χ1v) is 6.95. The van der Waals surface area contributed by atoms with Crippen molar-refractivity contribution < 1.29 is 0 Å². The molecule has 0 N–H and O–H groups in total. The van der Waals surface area contributed by atoms with Crippen LogP contribution in [0.5, 0.6) is 0 Å². The molecule has 4 heteroatoms. The number of hydrogen-bond donors (Lipinski definition) is 0. The van der Waals surface area contributed by atoms with Crippen molar-refractivity contribution in [2.45, 2.75) is 26.7 Å². The topological polar surface area (TPSA) is 30.2 Å². The summed E-state index contributed by atoms with van der Waals surface area (Å²) in [4.78, 5) is 8.93. The van der Waals surface area contributed by atoms with Crippen LogP contribution in [0, 0.1) is 5.92 Å². The van der Waals surface area contributed by atoms with E-state index in [1.807, 2.05) is 24.4 Å². The second-order valence-electron chi connectivity index (χ2n) is 5.22. The van der Waals surface area contributed by atoms with Crippen LogP contribution in [0.3, 0.4) is 0 Å². The molecular formula is C15H16ClN3. The summed E-state index contributed by atoms with van der Waals surface area (Å²) in [6.45, 7) is 4.45. The average Bonchev–Trinajstić information content (AvgIpc) is 2.81. The zero-order chi connectivity index (χ0) is 13.4. The van der Waals surface area contributed by atoms with Crippen molar-refractivity contribution in [1.82, 2.24) is 14.4 Å². The van der Waals surface area contributed by atoms with Crippen molar-refractivity contribution in [2.75, 3.05) is 0 Å². The molecule has 0 spiro atoms. The molecular weight excluding hydrogens is 258 g/mol. The van der Waals surface area contributed by atoms with Gasteiger partial charge in [-0.05, 0) is 24.5 Å². The molecule has 0 aliphatic carbocycles. The molecule has 3 aromatic rings. The Kier molecular flexibility index (Phi) is 3.15. The third-order valence-corrected chi connectivity index (χ3v) is 3.61. The normalized spacial score (nSPS) is 11.8. The molecule has 19 heavy (non-hydrogen) atoms. The van der Waals surface area contributed by atoms with Gasteiger partial charge in [0.1, 0.15) is 11.3 Å². The van der Waals surface area contributed by atoms with Gasteiger partial charge in [-0.15, -0.1) is 0 Å². The lowest BCUT2D eigenvalue weighted by atomic mass is 10.1. The molecule has 0 aliphatic heterocycles. The van der Waals surface area contributed by atoms with Crippen LogP contribution < -0.4 is 0 Å². The van der Waals surface area contributed by atoms with Crippen molar-refractivity contribution >= 4 is 28.2 Å². The van der Waals surface area contributed by atoms with Gasteiger partial charge in [-0.1, -0.05) is 37.6 Å². The van der Waals surface area contributed by atoms with E-state index < -0.39 is 0 Å². The minimum absolute atomic E-state index is 0.516. The van der Waals surface area contributed by atoms with Gasteiger partial charge in [0.2, 0.25) is 0 Å². The highest BCUT2D eigenvalue weighted by Crippen LogP contribution is 2.23. The molecule has 0 saturated carbocycles. The number of rotatable bonds is 3. The van der Waals surface area contributed by atoms with E-state index in [1.165, 1.54) is 0 Å². The monoisotopic (exact) mass is 273 g/mol. The minimum Gasteiger partial charge on any atom is -0.292 e. The highest BCUT2D eigenvalue weighted by molar-refractivity contribution is 6.33. The van der Waals surface area contributed by atoms with E-state index >= 15 is 0 Å². The standard InChI is InChI=1S/C15H16ClN3/c1-10(2)7-8-14-17-9-13-15(16)18-11-5-3-4-6-12(11)19(13)14/h3-6,9-10H,7-8H2,1-2H3. The molecule has 0 bridgehead atoms. The molecule has 0 amide bonds. The van der Waals surface area contributed by atoms with Crippen molar-refractivity contribution in [3.8, 4) is 0 Å². The molecule has 0 atom stereocenters. The third kappa shape index (κ3) is 2.19. The molecule has 0 radical (unpaired) electrons. The number of hydrogen-bond acceptors (Lipinski definition) is 2. The van der Waals surface area contributed by atoms with E-state index in [1.54, 1.807) is 0 Å². The Hall–Kier alpha value is -1.61. The molecule has 0 saturated heterocycles. The van der Waals surface area contributed by atoms with E-state index in [-0.39, 0.29) is 0 Å². The fourth-order valence-corrected chi connectivity index (χ4v) is 2.53.